The molecule has 21 heavy (non-hydrogen) atoms. The lowest BCUT2D eigenvalue weighted by molar-refractivity contribution is -0.137. The summed E-state index contributed by atoms with van der Waals surface area (Å²) in [6, 6.07) is 1.93. The van der Waals surface area contributed by atoms with E-state index in [-0.39, 0.29) is 5.15 Å². The molecule has 0 unspecified atom stereocenters. The summed E-state index contributed by atoms with van der Waals surface area (Å²) in [5.41, 5.74) is -0.748. The van der Waals surface area contributed by atoms with Gasteiger partial charge in [-0.05, 0) is 18.1 Å². The predicted molar refractivity (Wildman–Crippen MR) is 77.7 cm³/mol. The Morgan fingerprint density at radius 3 is 2.33 bits per heavy atom. The summed E-state index contributed by atoms with van der Waals surface area (Å²) in [5.74, 6) is 0.886. The summed E-state index contributed by atoms with van der Waals surface area (Å²) in [6.45, 7) is 8.29. The van der Waals surface area contributed by atoms with Gasteiger partial charge in [0.2, 0.25) is 0 Å². The second-order valence-electron chi connectivity index (χ2n) is 5.72. The van der Waals surface area contributed by atoms with Crippen LogP contribution in [0.2, 0.25) is 5.15 Å². The topological polar surface area (TPSA) is 19.4 Å². The number of hydrogen-bond donors (Lipinski definition) is 0. The molecule has 3 nitrogen and oxygen atoms in total. The van der Waals surface area contributed by atoms with Crippen LogP contribution < -0.4 is 4.90 Å². The third-order valence-electron chi connectivity index (χ3n) is 3.43. The first-order valence-electron chi connectivity index (χ1n) is 6.98. The molecule has 1 aromatic rings. The standard InChI is InChI=1S/C14H19ClF3N3/c1-10(2)9-20-3-5-21(6-4-20)13-8-11(14(16,17)18)7-12(15)19-13/h7-8,10H,3-6,9H2,1-2H3. The normalized spacial score (nSPS) is 17.6. The van der Waals surface area contributed by atoms with E-state index in [1.54, 1.807) is 0 Å². The van der Waals surface area contributed by atoms with Crippen LogP contribution in [0.4, 0.5) is 19.0 Å². The van der Waals surface area contributed by atoms with Crippen LogP contribution in [0.1, 0.15) is 19.4 Å². The van der Waals surface area contributed by atoms with E-state index in [4.69, 9.17) is 11.6 Å². The fourth-order valence-electron chi connectivity index (χ4n) is 2.48. The molecule has 2 rings (SSSR count). The lowest BCUT2D eigenvalue weighted by Gasteiger charge is -2.36. The van der Waals surface area contributed by atoms with Crippen molar-refractivity contribution in [1.29, 1.82) is 0 Å². The van der Waals surface area contributed by atoms with Crippen molar-refractivity contribution in [3.05, 3.63) is 22.8 Å². The van der Waals surface area contributed by atoms with Crippen molar-refractivity contribution in [3.8, 4) is 0 Å². The first-order valence-corrected chi connectivity index (χ1v) is 7.35. The molecule has 1 fully saturated rings. The molecule has 0 spiro atoms. The highest BCUT2D eigenvalue weighted by Crippen LogP contribution is 2.33. The van der Waals surface area contributed by atoms with Gasteiger partial charge in [-0.2, -0.15) is 13.2 Å². The number of anilines is 1. The maximum absolute atomic E-state index is 12.8. The number of aromatic nitrogens is 1. The Balaban J connectivity index is 2.08. The van der Waals surface area contributed by atoms with Crippen molar-refractivity contribution in [2.75, 3.05) is 37.6 Å². The minimum atomic E-state index is -4.40. The SMILES string of the molecule is CC(C)CN1CCN(c2cc(C(F)(F)F)cc(Cl)n2)CC1. The van der Waals surface area contributed by atoms with E-state index in [1.807, 2.05) is 4.90 Å². The van der Waals surface area contributed by atoms with E-state index in [1.165, 1.54) is 0 Å². The van der Waals surface area contributed by atoms with Gasteiger partial charge in [-0.15, -0.1) is 0 Å². The zero-order valence-corrected chi connectivity index (χ0v) is 12.9. The Morgan fingerprint density at radius 2 is 1.81 bits per heavy atom. The average molecular weight is 322 g/mol. The van der Waals surface area contributed by atoms with Crippen molar-refractivity contribution in [3.63, 3.8) is 0 Å². The molecule has 0 atom stereocenters. The number of halogens is 4. The summed E-state index contributed by atoms with van der Waals surface area (Å²) in [5, 5.41) is -0.121. The van der Waals surface area contributed by atoms with Crippen LogP contribution >= 0.6 is 11.6 Å². The highest BCUT2D eigenvalue weighted by Gasteiger charge is 2.32. The van der Waals surface area contributed by atoms with Gasteiger partial charge in [-0.3, -0.25) is 4.90 Å². The fraction of sp³-hybridized carbons (Fsp3) is 0.643. The zero-order valence-electron chi connectivity index (χ0n) is 12.1. The second kappa shape index (κ2) is 6.40. The fourth-order valence-corrected chi connectivity index (χ4v) is 2.69. The molecule has 1 aliphatic heterocycles. The van der Waals surface area contributed by atoms with Crippen LogP contribution in [0.5, 0.6) is 0 Å². The van der Waals surface area contributed by atoms with E-state index in [2.05, 4.69) is 23.7 Å². The van der Waals surface area contributed by atoms with Gasteiger partial charge in [0.05, 0.1) is 5.56 Å². The molecule has 0 amide bonds. The Hall–Kier alpha value is -1.01. The molecule has 1 saturated heterocycles. The van der Waals surface area contributed by atoms with Gasteiger partial charge in [-0.1, -0.05) is 25.4 Å². The molecule has 1 aliphatic rings. The number of rotatable bonds is 3. The summed E-state index contributed by atoms with van der Waals surface area (Å²) in [7, 11) is 0. The highest BCUT2D eigenvalue weighted by molar-refractivity contribution is 6.29. The minimum Gasteiger partial charge on any atom is -0.354 e. The lowest BCUT2D eigenvalue weighted by Crippen LogP contribution is -2.47. The van der Waals surface area contributed by atoms with Crippen LogP contribution in [0.25, 0.3) is 0 Å². The number of piperazine rings is 1. The average Bonchev–Trinajstić information content (AvgIpc) is 2.37. The maximum Gasteiger partial charge on any atom is 0.416 e. The van der Waals surface area contributed by atoms with Gasteiger partial charge in [0.1, 0.15) is 11.0 Å². The van der Waals surface area contributed by atoms with Gasteiger partial charge < -0.3 is 4.90 Å². The summed E-state index contributed by atoms with van der Waals surface area (Å²) in [4.78, 5) is 8.20. The Morgan fingerprint density at radius 1 is 1.19 bits per heavy atom. The largest absolute Gasteiger partial charge is 0.416 e. The lowest BCUT2D eigenvalue weighted by atomic mass is 10.2. The van der Waals surface area contributed by atoms with Crippen molar-refractivity contribution in [2.24, 2.45) is 5.92 Å². The molecule has 2 heterocycles. The minimum absolute atomic E-state index is 0.121. The summed E-state index contributed by atoms with van der Waals surface area (Å²) < 4.78 is 38.4. The number of hydrogen-bond acceptors (Lipinski definition) is 3. The molecule has 0 bridgehead atoms. The smallest absolute Gasteiger partial charge is 0.354 e. The molecule has 0 aromatic carbocycles. The van der Waals surface area contributed by atoms with Crippen LogP contribution in [0.3, 0.4) is 0 Å². The van der Waals surface area contributed by atoms with E-state index < -0.39 is 11.7 Å². The monoisotopic (exact) mass is 321 g/mol. The van der Waals surface area contributed by atoms with Crippen molar-refractivity contribution in [1.82, 2.24) is 9.88 Å². The van der Waals surface area contributed by atoms with Crippen molar-refractivity contribution < 1.29 is 13.2 Å². The van der Waals surface area contributed by atoms with Crippen LogP contribution in [0, 0.1) is 5.92 Å². The third kappa shape index (κ3) is 4.48. The van der Waals surface area contributed by atoms with Crippen molar-refractivity contribution in [2.45, 2.75) is 20.0 Å². The molecule has 0 N–H and O–H groups in total. The van der Waals surface area contributed by atoms with E-state index in [0.717, 1.165) is 31.8 Å². The number of alkyl halides is 3. The number of nitrogens with zero attached hydrogens (tertiary/aromatic N) is 3. The van der Waals surface area contributed by atoms with Gasteiger partial charge in [0, 0.05) is 32.7 Å². The maximum atomic E-state index is 12.8. The van der Waals surface area contributed by atoms with E-state index in [0.29, 0.717) is 24.8 Å². The molecule has 118 valence electrons. The molecular weight excluding hydrogens is 303 g/mol. The second-order valence-corrected chi connectivity index (χ2v) is 6.10. The Kier molecular flexibility index (Phi) is 4.99. The van der Waals surface area contributed by atoms with Gasteiger partial charge >= 0.3 is 6.18 Å². The molecule has 0 radical (unpaired) electrons. The van der Waals surface area contributed by atoms with Crippen molar-refractivity contribution >= 4 is 17.4 Å². The molecule has 0 aliphatic carbocycles. The zero-order chi connectivity index (χ0) is 15.6. The van der Waals surface area contributed by atoms with Crippen LogP contribution in [-0.2, 0) is 6.18 Å². The molecule has 7 heteroatoms. The Labute approximate surface area is 127 Å². The highest BCUT2D eigenvalue weighted by atomic mass is 35.5. The third-order valence-corrected chi connectivity index (χ3v) is 3.62. The van der Waals surface area contributed by atoms with E-state index >= 15 is 0 Å². The van der Waals surface area contributed by atoms with Gasteiger partial charge in [0.25, 0.3) is 0 Å². The molecule has 1 aromatic heterocycles. The first-order chi connectivity index (χ1) is 9.75. The summed E-state index contributed by atoms with van der Waals surface area (Å²) in [6.07, 6.45) is -4.40. The molecular formula is C14H19ClF3N3. The Bertz CT molecular complexity index is 483. The number of pyridine rings is 1. The predicted octanol–water partition coefficient (Wildman–Crippen LogP) is 3.53. The van der Waals surface area contributed by atoms with Crippen LogP contribution in [0.15, 0.2) is 12.1 Å². The summed E-state index contributed by atoms with van der Waals surface area (Å²) >= 11 is 5.72. The van der Waals surface area contributed by atoms with E-state index in [9.17, 15) is 13.2 Å². The molecule has 0 saturated carbocycles. The van der Waals surface area contributed by atoms with Crippen LogP contribution in [-0.4, -0.2) is 42.6 Å². The first kappa shape index (κ1) is 16.4. The van der Waals surface area contributed by atoms with Gasteiger partial charge in [0.15, 0.2) is 0 Å². The quantitative estimate of drug-likeness (QED) is 0.794. The van der Waals surface area contributed by atoms with Gasteiger partial charge in [-0.25, -0.2) is 4.98 Å².